The molecule has 15 heavy (non-hydrogen) atoms. The first-order valence-electron chi connectivity index (χ1n) is 4.92. The fourth-order valence-corrected chi connectivity index (χ4v) is 1.44. The minimum atomic E-state index is -0.611. The summed E-state index contributed by atoms with van der Waals surface area (Å²) in [6, 6.07) is 7.58. The van der Waals surface area contributed by atoms with E-state index < -0.39 is 6.10 Å². The van der Waals surface area contributed by atoms with Crippen LogP contribution >= 0.6 is 0 Å². The zero-order chi connectivity index (χ0) is 10.7. The van der Waals surface area contributed by atoms with E-state index in [0.717, 1.165) is 11.3 Å². The molecule has 1 aromatic carbocycles. The van der Waals surface area contributed by atoms with E-state index >= 15 is 0 Å². The molecule has 1 aliphatic rings. The van der Waals surface area contributed by atoms with Gasteiger partial charge in [0.1, 0.15) is 5.75 Å². The largest absolute Gasteiger partial charge is 0.474 e. The summed E-state index contributed by atoms with van der Waals surface area (Å²) in [6.45, 7) is 2.15. The van der Waals surface area contributed by atoms with Gasteiger partial charge < -0.3 is 9.47 Å². The van der Waals surface area contributed by atoms with Gasteiger partial charge in [-0.1, -0.05) is 24.3 Å². The smallest absolute Gasteiger partial charge is 0.351 e. The van der Waals surface area contributed by atoms with Crippen LogP contribution in [0, 0.1) is 0 Å². The minimum absolute atomic E-state index is 0.344. The van der Waals surface area contributed by atoms with Crippen LogP contribution < -0.4 is 4.74 Å². The molecule has 3 nitrogen and oxygen atoms in total. The first-order valence-corrected chi connectivity index (χ1v) is 4.92. The van der Waals surface area contributed by atoms with Crippen LogP contribution in [0.4, 0.5) is 0 Å². The average Bonchev–Trinajstić information content (AvgIpc) is 2.29. The SMILES string of the molecule is CCOC(=O)C1C=Cc2ccccc2O1. The van der Waals surface area contributed by atoms with E-state index in [9.17, 15) is 4.79 Å². The average molecular weight is 204 g/mol. The van der Waals surface area contributed by atoms with Gasteiger partial charge in [0.2, 0.25) is 6.10 Å². The summed E-state index contributed by atoms with van der Waals surface area (Å²) in [7, 11) is 0. The maximum absolute atomic E-state index is 11.4. The van der Waals surface area contributed by atoms with Gasteiger partial charge in [0.05, 0.1) is 6.61 Å². The molecule has 0 fully saturated rings. The Balaban J connectivity index is 2.15. The molecular weight excluding hydrogens is 192 g/mol. The third kappa shape index (κ3) is 2.01. The van der Waals surface area contributed by atoms with Crippen LogP contribution in [0.1, 0.15) is 12.5 Å². The minimum Gasteiger partial charge on any atom is -0.474 e. The lowest BCUT2D eigenvalue weighted by atomic mass is 10.1. The Morgan fingerprint density at radius 2 is 2.27 bits per heavy atom. The number of rotatable bonds is 2. The maximum Gasteiger partial charge on any atom is 0.351 e. The number of hydrogen-bond acceptors (Lipinski definition) is 3. The fourth-order valence-electron chi connectivity index (χ4n) is 1.44. The number of para-hydroxylation sites is 1. The number of hydrogen-bond donors (Lipinski definition) is 0. The molecule has 0 N–H and O–H groups in total. The van der Waals surface area contributed by atoms with Crippen LogP contribution in [0.15, 0.2) is 30.3 Å². The summed E-state index contributed by atoms with van der Waals surface area (Å²) in [5.74, 6) is 0.376. The number of ether oxygens (including phenoxy) is 2. The van der Waals surface area contributed by atoms with Gasteiger partial charge in [0.25, 0.3) is 0 Å². The summed E-state index contributed by atoms with van der Waals surface area (Å²) in [6.07, 6.45) is 2.97. The van der Waals surface area contributed by atoms with E-state index in [4.69, 9.17) is 9.47 Å². The lowest BCUT2D eigenvalue weighted by Gasteiger charge is -2.19. The third-order valence-electron chi connectivity index (χ3n) is 2.14. The molecule has 0 saturated heterocycles. The first kappa shape index (κ1) is 9.77. The molecule has 2 rings (SSSR count). The van der Waals surface area contributed by atoms with Crippen molar-refractivity contribution >= 4 is 12.0 Å². The normalized spacial score (nSPS) is 17.8. The second kappa shape index (κ2) is 4.17. The van der Waals surface area contributed by atoms with E-state index in [1.807, 2.05) is 30.3 Å². The highest BCUT2D eigenvalue weighted by molar-refractivity contribution is 5.80. The van der Waals surface area contributed by atoms with Crippen LogP contribution in [0.3, 0.4) is 0 Å². The van der Waals surface area contributed by atoms with E-state index in [0.29, 0.717) is 6.61 Å². The van der Waals surface area contributed by atoms with Crippen LogP contribution in [-0.4, -0.2) is 18.7 Å². The van der Waals surface area contributed by atoms with E-state index in [1.165, 1.54) is 0 Å². The molecule has 3 heteroatoms. The quantitative estimate of drug-likeness (QED) is 0.691. The van der Waals surface area contributed by atoms with Gasteiger partial charge in [-0.3, -0.25) is 0 Å². The summed E-state index contributed by atoms with van der Waals surface area (Å²) in [5.41, 5.74) is 0.984. The van der Waals surface area contributed by atoms with Crippen molar-refractivity contribution in [2.45, 2.75) is 13.0 Å². The first-order chi connectivity index (χ1) is 7.31. The van der Waals surface area contributed by atoms with Crippen molar-refractivity contribution in [3.8, 4) is 5.75 Å². The number of esters is 1. The Bertz CT molecular complexity index is 396. The zero-order valence-electron chi connectivity index (χ0n) is 8.47. The van der Waals surface area contributed by atoms with E-state index in [-0.39, 0.29) is 5.97 Å². The van der Waals surface area contributed by atoms with Crippen molar-refractivity contribution < 1.29 is 14.3 Å². The standard InChI is InChI=1S/C12H12O3/c1-2-14-12(13)11-8-7-9-5-3-4-6-10(9)15-11/h3-8,11H,2H2,1H3. The third-order valence-corrected chi connectivity index (χ3v) is 2.14. The monoisotopic (exact) mass is 204 g/mol. The maximum atomic E-state index is 11.4. The van der Waals surface area contributed by atoms with Gasteiger partial charge in [-0.25, -0.2) is 4.79 Å². The predicted octanol–water partition coefficient (Wildman–Crippen LogP) is 2.02. The van der Waals surface area contributed by atoms with Crippen LogP contribution in [-0.2, 0) is 9.53 Å². The molecule has 78 valence electrons. The molecular formula is C12H12O3. The Kier molecular flexibility index (Phi) is 2.72. The molecule has 1 heterocycles. The molecule has 0 amide bonds. The fraction of sp³-hybridized carbons (Fsp3) is 0.250. The van der Waals surface area contributed by atoms with Crippen molar-refractivity contribution in [2.24, 2.45) is 0 Å². The highest BCUT2D eigenvalue weighted by atomic mass is 16.6. The summed E-state index contributed by atoms with van der Waals surface area (Å²) >= 11 is 0. The summed E-state index contributed by atoms with van der Waals surface area (Å²) < 4.78 is 10.4. The number of fused-ring (bicyclic) bond motifs is 1. The topological polar surface area (TPSA) is 35.5 Å². The molecule has 0 aromatic heterocycles. The summed E-state index contributed by atoms with van der Waals surface area (Å²) in [4.78, 5) is 11.4. The number of carbonyl (C=O) groups excluding carboxylic acids is 1. The molecule has 0 saturated carbocycles. The molecule has 1 unspecified atom stereocenters. The van der Waals surface area contributed by atoms with Crippen molar-refractivity contribution in [1.29, 1.82) is 0 Å². The lowest BCUT2D eigenvalue weighted by molar-refractivity contribution is -0.149. The van der Waals surface area contributed by atoms with Gasteiger partial charge in [0.15, 0.2) is 0 Å². The highest BCUT2D eigenvalue weighted by Gasteiger charge is 2.22. The van der Waals surface area contributed by atoms with Gasteiger partial charge in [-0.05, 0) is 19.1 Å². The van der Waals surface area contributed by atoms with Gasteiger partial charge in [-0.15, -0.1) is 0 Å². The van der Waals surface area contributed by atoms with Gasteiger partial charge >= 0.3 is 5.97 Å². The Hall–Kier alpha value is -1.77. The van der Waals surface area contributed by atoms with E-state index in [1.54, 1.807) is 13.0 Å². The lowest BCUT2D eigenvalue weighted by Crippen LogP contribution is -2.29. The van der Waals surface area contributed by atoms with Crippen molar-refractivity contribution in [2.75, 3.05) is 6.61 Å². The van der Waals surface area contributed by atoms with Crippen molar-refractivity contribution in [1.82, 2.24) is 0 Å². The predicted molar refractivity (Wildman–Crippen MR) is 56.5 cm³/mol. The van der Waals surface area contributed by atoms with Gasteiger partial charge in [-0.2, -0.15) is 0 Å². The second-order valence-electron chi connectivity index (χ2n) is 3.19. The van der Waals surface area contributed by atoms with Crippen LogP contribution in [0.25, 0.3) is 6.08 Å². The highest BCUT2D eigenvalue weighted by Crippen LogP contribution is 2.25. The Morgan fingerprint density at radius 3 is 3.07 bits per heavy atom. The van der Waals surface area contributed by atoms with Crippen LogP contribution in [0.2, 0.25) is 0 Å². The number of benzene rings is 1. The van der Waals surface area contributed by atoms with Gasteiger partial charge in [0, 0.05) is 5.56 Å². The van der Waals surface area contributed by atoms with Crippen LogP contribution in [0.5, 0.6) is 5.75 Å². The van der Waals surface area contributed by atoms with Crippen molar-refractivity contribution in [3.05, 3.63) is 35.9 Å². The number of carbonyl (C=O) groups is 1. The second-order valence-corrected chi connectivity index (χ2v) is 3.19. The molecule has 0 bridgehead atoms. The molecule has 0 aliphatic carbocycles. The zero-order valence-corrected chi connectivity index (χ0v) is 8.47. The Labute approximate surface area is 88.3 Å². The molecule has 1 aromatic rings. The molecule has 0 radical (unpaired) electrons. The van der Waals surface area contributed by atoms with E-state index in [2.05, 4.69) is 0 Å². The molecule has 1 atom stereocenters. The molecule has 0 spiro atoms. The summed E-state index contributed by atoms with van der Waals surface area (Å²) in [5, 5.41) is 0. The molecule has 1 aliphatic heterocycles. The van der Waals surface area contributed by atoms with Crippen molar-refractivity contribution in [3.63, 3.8) is 0 Å². The Morgan fingerprint density at radius 1 is 1.47 bits per heavy atom.